The molecule has 2 bridgehead atoms. The minimum Gasteiger partial charge on any atom is -0.461 e. The maximum Gasteiger partial charge on any atom is 0.316 e. The van der Waals surface area contributed by atoms with Crippen molar-refractivity contribution >= 4 is 35.1 Å². The first-order valence-electron chi connectivity index (χ1n) is 12.9. The smallest absolute Gasteiger partial charge is 0.316 e. The number of pyridine rings is 1. The average Bonchev–Trinajstić information content (AvgIpc) is 3.21. The number of ketones is 1. The van der Waals surface area contributed by atoms with E-state index in [1.807, 2.05) is 12.1 Å². The summed E-state index contributed by atoms with van der Waals surface area (Å²) in [5.74, 6) is 0.772. The molecule has 0 aliphatic heterocycles. The zero-order chi connectivity index (χ0) is 25.2. The summed E-state index contributed by atoms with van der Waals surface area (Å²) in [6.45, 7) is 6.51. The van der Waals surface area contributed by atoms with Crippen molar-refractivity contribution in [2.75, 3.05) is 11.6 Å². The number of alkyl halides is 1. The first-order valence-corrected chi connectivity index (χ1v) is 14.4. The van der Waals surface area contributed by atoms with Crippen molar-refractivity contribution in [1.29, 1.82) is 0 Å². The van der Waals surface area contributed by atoms with Crippen LogP contribution in [0.4, 0.5) is 0 Å². The van der Waals surface area contributed by atoms with Gasteiger partial charge in [-0.15, -0.1) is 23.4 Å². The fourth-order valence-corrected chi connectivity index (χ4v) is 8.02. The van der Waals surface area contributed by atoms with Crippen LogP contribution in [-0.4, -0.2) is 45.7 Å². The summed E-state index contributed by atoms with van der Waals surface area (Å²) in [6.07, 6.45) is 9.75. The van der Waals surface area contributed by atoms with Crippen LogP contribution in [0.15, 0.2) is 41.1 Å². The second kappa shape index (κ2) is 10.9. The van der Waals surface area contributed by atoms with Gasteiger partial charge in [0.2, 0.25) is 0 Å². The van der Waals surface area contributed by atoms with Gasteiger partial charge in [-0.1, -0.05) is 26.8 Å². The number of nitrogens with zero attached hydrogens (tertiary/aromatic N) is 1. The van der Waals surface area contributed by atoms with E-state index in [0.717, 1.165) is 42.6 Å². The molecule has 1 heterocycles. The highest BCUT2D eigenvalue weighted by Gasteiger charge is 2.66. The summed E-state index contributed by atoms with van der Waals surface area (Å²) >= 11 is 7.35. The van der Waals surface area contributed by atoms with Gasteiger partial charge in [0.25, 0.3) is 0 Å². The van der Waals surface area contributed by atoms with E-state index >= 15 is 0 Å². The molecular weight excluding hydrogens is 482 g/mol. The highest BCUT2D eigenvalue weighted by Crippen LogP contribution is 2.66. The Morgan fingerprint density at radius 1 is 1.31 bits per heavy atom. The Bertz CT molecular complexity index is 956. The number of aromatic nitrogens is 1. The van der Waals surface area contributed by atoms with E-state index in [1.54, 1.807) is 12.4 Å². The number of rotatable bonds is 7. The van der Waals surface area contributed by atoms with Gasteiger partial charge in [-0.05, 0) is 67.1 Å². The summed E-state index contributed by atoms with van der Waals surface area (Å²) in [7, 11) is 0. The largest absolute Gasteiger partial charge is 0.461 e. The van der Waals surface area contributed by atoms with Gasteiger partial charge in [0, 0.05) is 47.3 Å². The van der Waals surface area contributed by atoms with Crippen molar-refractivity contribution in [2.45, 2.75) is 82.8 Å². The number of hydrogen-bond donors (Lipinski definition) is 1. The van der Waals surface area contributed by atoms with Crippen LogP contribution < -0.4 is 0 Å². The van der Waals surface area contributed by atoms with Crippen molar-refractivity contribution in [3.63, 3.8) is 0 Å². The lowest BCUT2D eigenvalue weighted by molar-refractivity contribution is -0.186. The number of hydrogen-bond acceptors (Lipinski definition) is 6. The summed E-state index contributed by atoms with van der Waals surface area (Å²) in [4.78, 5) is 31.6. The molecule has 1 aromatic heterocycles. The number of halogens is 1. The molecule has 0 unspecified atom stereocenters. The topological polar surface area (TPSA) is 76.5 Å². The molecule has 0 aromatic carbocycles. The average molecular weight is 520 g/mol. The number of allylic oxidation sites excluding steroid dienone is 1. The third-order valence-corrected chi connectivity index (χ3v) is 10.6. The predicted octanol–water partition coefficient (Wildman–Crippen LogP) is 5.83. The van der Waals surface area contributed by atoms with Gasteiger partial charge in [-0.3, -0.25) is 14.6 Å². The molecule has 0 saturated heterocycles. The maximum absolute atomic E-state index is 13.5. The van der Waals surface area contributed by atoms with Gasteiger partial charge in [-0.2, -0.15) is 0 Å². The van der Waals surface area contributed by atoms with Crippen LogP contribution in [0.3, 0.4) is 0 Å². The number of carbonyl (C=O) groups is 2. The van der Waals surface area contributed by atoms with Crippen LogP contribution >= 0.6 is 23.4 Å². The number of unbranched alkanes of at least 4 members (excludes halogenated alkanes) is 1. The van der Waals surface area contributed by atoms with Crippen molar-refractivity contribution in [3.05, 3.63) is 36.2 Å². The molecule has 1 aromatic rings. The van der Waals surface area contributed by atoms with Gasteiger partial charge in [0.05, 0.1) is 11.9 Å². The van der Waals surface area contributed by atoms with E-state index in [4.69, 9.17) is 16.3 Å². The third kappa shape index (κ3) is 4.95. The standard InChI is InChI=1S/C28H38ClNO4S/c1-18-7-11-28-12-8-22(31)26(28)27(18,3)23(16-20(6-4-5-13-29)25(33)19(28)2)34-24(32)17-35-21-9-14-30-15-10-21/h6,9-10,14-15,18-19,23,25-26,33H,4-5,7-8,11-13,16-17H2,1-3H3/b20-6-/t18-,19+,23+,25+,26+,27+,28+/m1/s1. The first-order chi connectivity index (χ1) is 16.7. The van der Waals surface area contributed by atoms with E-state index in [-0.39, 0.29) is 40.7 Å². The highest BCUT2D eigenvalue weighted by molar-refractivity contribution is 8.00. The van der Waals surface area contributed by atoms with Crippen molar-refractivity contribution in [3.8, 4) is 0 Å². The van der Waals surface area contributed by atoms with Crippen LogP contribution in [0.2, 0.25) is 0 Å². The maximum atomic E-state index is 13.5. The van der Waals surface area contributed by atoms with Gasteiger partial charge in [0.15, 0.2) is 0 Å². The van der Waals surface area contributed by atoms with Gasteiger partial charge >= 0.3 is 5.97 Å². The molecule has 35 heavy (non-hydrogen) atoms. The van der Waals surface area contributed by atoms with Crippen molar-refractivity contribution < 1.29 is 19.4 Å². The summed E-state index contributed by atoms with van der Waals surface area (Å²) < 4.78 is 6.28. The van der Waals surface area contributed by atoms with Gasteiger partial charge in [-0.25, -0.2) is 0 Å². The Kier molecular flexibility index (Phi) is 8.34. The SMILES string of the molecule is C[C@@H]1CC[C@@]23CCC(=O)[C@H]2[C@]1(C)[C@@H](OC(=O)CSc1ccncc1)C/C(=C/CCCCl)[C@@H](O)[C@@H]3C. The normalized spacial score (nSPS) is 38.0. The minimum absolute atomic E-state index is 0.0214. The van der Waals surface area contributed by atoms with Crippen LogP contribution in [0.5, 0.6) is 0 Å². The number of Topliss-reactive ketones (excluding diaryl/α,β-unsaturated/α-hetero) is 1. The number of carbonyl (C=O) groups excluding carboxylic acids is 2. The summed E-state index contributed by atoms with van der Waals surface area (Å²) in [6, 6.07) is 3.75. The molecule has 0 radical (unpaired) electrons. The molecule has 192 valence electrons. The van der Waals surface area contributed by atoms with E-state index in [0.29, 0.717) is 18.7 Å². The number of ether oxygens (including phenoxy) is 1. The molecule has 0 spiro atoms. The van der Waals surface area contributed by atoms with E-state index in [2.05, 4.69) is 31.8 Å². The Balaban J connectivity index is 1.68. The molecule has 7 heteroatoms. The molecule has 3 aliphatic rings. The Morgan fingerprint density at radius 3 is 2.77 bits per heavy atom. The molecule has 5 nitrogen and oxygen atoms in total. The molecule has 7 atom stereocenters. The van der Waals surface area contributed by atoms with Crippen molar-refractivity contribution in [1.82, 2.24) is 4.98 Å². The number of thioether (sulfide) groups is 1. The zero-order valence-corrected chi connectivity index (χ0v) is 22.6. The van der Waals surface area contributed by atoms with Crippen LogP contribution in [0.1, 0.15) is 65.7 Å². The molecule has 4 rings (SSSR count). The molecular formula is C28H38ClNO4S. The molecule has 1 N–H and O–H groups in total. The van der Waals surface area contributed by atoms with Crippen LogP contribution in [0, 0.1) is 28.6 Å². The fraction of sp³-hybridized carbons (Fsp3) is 0.679. The third-order valence-electron chi connectivity index (χ3n) is 9.36. The number of aliphatic hydroxyl groups excluding tert-OH is 1. The summed E-state index contributed by atoms with van der Waals surface area (Å²) in [5, 5.41) is 11.6. The van der Waals surface area contributed by atoms with Crippen molar-refractivity contribution in [2.24, 2.45) is 28.6 Å². The highest BCUT2D eigenvalue weighted by atomic mass is 35.5. The minimum atomic E-state index is -0.649. The fourth-order valence-electron chi connectivity index (χ4n) is 7.20. The number of aliphatic hydroxyl groups is 1. The first kappa shape index (κ1) is 26.7. The Morgan fingerprint density at radius 2 is 2.06 bits per heavy atom. The summed E-state index contributed by atoms with van der Waals surface area (Å²) in [5.41, 5.74) is 0.211. The van der Waals surface area contributed by atoms with E-state index < -0.39 is 17.6 Å². The van der Waals surface area contributed by atoms with E-state index in [1.165, 1.54) is 11.8 Å². The molecule has 0 amide bonds. The molecule has 3 saturated carbocycles. The van der Waals surface area contributed by atoms with Crippen LogP contribution in [0.25, 0.3) is 0 Å². The lowest BCUT2D eigenvalue weighted by atomic mass is 9.45. The second-order valence-corrected chi connectivity index (χ2v) is 12.4. The lowest BCUT2D eigenvalue weighted by Gasteiger charge is -2.59. The zero-order valence-electron chi connectivity index (χ0n) is 21.0. The predicted molar refractivity (Wildman–Crippen MR) is 139 cm³/mol. The quantitative estimate of drug-likeness (QED) is 0.160. The second-order valence-electron chi connectivity index (χ2n) is 10.9. The van der Waals surface area contributed by atoms with E-state index in [9.17, 15) is 14.7 Å². The molecule has 3 fully saturated rings. The monoisotopic (exact) mass is 519 g/mol. The van der Waals surface area contributed by atoms with Gasteiger partial charge < -0.3 is 9.84 Å². The Hall–Kier alpha value is -1.37. The lowest BCUT2D eigenvalue weighted by Crippen LogP contribution is -2.60. The van der Waals surface area contributed by atoms with Gasteiger partial charge in [0.1, 0.15) is 11.9 Å². The van der Waals surface area contributed by atoms with Crippen LogP contribution in [-0.2, 0) is 14.3 Å². The Labute approximate surface area is 218 Å². The molecule has 3 aliphatic carbocycles. The number of esters is 1.